The molecule has 1 fully saturated rings. The van der Waals surface area contributed by atoms with Gasteiger partial charge < -0.3 is 25.0 Å². The molecule has 0 unspecified atom stereocenters. The lowest BCUT2D eigenvalue weighted by molar-refractivity contribution is 0.251. The van der Waals surface area contributed by atoms with E-state index >= 15 is 0 Å². The summed E-state index contributed by atoms with van der Waals surface area (Å²) in [6.45, 7) is 4.21. The van der Waals surface area contributed by atoms with E-state index in [2.05, 4.69) is 25.5 Å². The number of amides is 2. The van der Waals surface area contributed by atoms with E-state index in [0.717, 1.165) is 24.6 Å². The first-order valence-corrected chi connectivity index (χ1v) is 8.95. The molecule has 2 aromatic rings. The Morgan fingerprint density at radius 2 is 1.74 bits per heavy atom. The fraction of sp³-hybridized carbons (Fsp3) is 0.421. The average Bonchev–Trinajstić information content (AvgIpc) is 3.20. The maximum Gasteiger partial charge on any atom is 0.319 e. The predicted octanol–water partition coefficient (Wildman–Crippen LogP) is 2.72. The molecule has 27 heavy (non-hydrogen) atoms. The standard InChI is InChI=1S/C19H25N5O3/c1-13-8-18(24-6-4-5-7-24)23-17(21-13)12-20-19(25)22-14-9-15(26-2)11-16(10-14)27-3/h8-11H,4-7,12H2,1-3H3,(H2,20,22,25). The average molecular weight is 371 g/mol. The van der Waals surface area contributed by atoms with Crippen LogP contribution in [0.5, 0.6) is 11.5 Å². The van der Waals surface area contributed by atoms with Crippen LogP contribution < -0.4 is 25.0 Å². The van der Waals surface area contributed by atoms with Crippen LogP contribution in [0.4, 0.5) is 16.3 Å². The number of benzene rings is 1. The third-order valence-electron chi connectivity index (χ3n) is 4.33. The van der Waals surface area contributed by atoms with E-state index in [0.29, 0.717) is 23.0 Å². The first kappa shape index (κ1) is 18.8. The van der Waals surface area contributed by atoms with Gasteiger partial charge in [-0.05, 0) is 19.8 Å². The minimum Gasteiger partial charge on any atom is -0.497 e. The van der Waals surface area contributed by atoms with Gasteiger partial charge >= 0.3 is 6.03 Å². The fourth-order valence-corrected chi connectivity index (χ4v) is 3.01. The monoisotopic (exact) mass is 371 g/mol. The number of hydrogen-bond donors (Lipinski definition) is 2. The highest BCUT2D eigenvalue weighted by Crippen LogP contribution is 2.25. The summed E-state index contributed by atoms with van der Waals surface area (Å²) in [5.74, 6) is 2.72. The summed E-state index contributed by atoms with van der Waals surface area (Å²) in [6.07, 6.45) is 2.37. The zero-order valence-corrected chi connectivity index (χ0v) is 15.9. The summed E-state index contributed by atoms with van der Waals surface area (Å²) in [4.78, 5) is 23.5. The number of ether oxygens (including phenoxy) is 2. The predicted molar refractivity (Wildman–Crippen MR) is 104 cm³/mol. The summed E-state index contributed by atoms with van der Waals surface area (Å²) in [6, 6.07) is 6.81. The Labute approximate surface area is 158 Å². The molecule has 144 valence electrons. The number of rotatable bonds is 6. The first-order chi connectivity index (χ1) is 13.1. The maximum atomic E-state index is 12.2. The lowest BCUT2D eigenvalue weighted by atomic mass is 10.3. The van der Waals surface area contributed by atoms with Gasteiger partial charge in [0.15, 0.2) is 0 Å². The topological polar surface area (TPSA) is 88.6 Å². The number of carbonyl (C=O) groups excluding carboxylic acids is 1. The first-order valence-electron chi connectivity index (χ1n) is 8.95. The van der Waals surface area contributed by atoms with Crippen LogP contribution in [-0.4, -0.2) is 43.3 Å². The molecule has 1 aromatic carbocycles. The van der Waals surface area contributed by atoms with Crippen molar-refractivity contribution in [2.24, 2.45) is 0 Å². The molecule has 0 radical (unpaired) electrons. The third-order valence-corrected chi connectivity index (χ3v) is 4.33. The Bertz CT molecular complexity index is 784. The lowest BCUT2D eigenvalue weighted by Crippen LogP contribution is -2.29. The summed E-state index contributed by atoms with van der Waals surface area (Å²) in [5.41, 5.74) is 1.47. The van der Waals surface area contributed by atoms with Crippen molar-refractivity contribution in [3.05, 3.63) is 35.8 Å². The van der Waals surface area contributed by atoms with Crippen LogP contribution in [0.2, 0.25) is 0 Å². The molecule has 0 aliphatic carbocycles. The molecule has 8 heteroatoms. The van der Waals surface area contributed by atoms with Crippen molar-refractivity contribution >= 4 is 17.5 Å². The normalized spacial score (nSPS) is 13.4. The Morgan fingerprint density at radius 1 is 1.07 bits per heavy atom. The molecule has 1 saturated heterocycles. The third kappa shape index (κ3) is 4.99. The van der Waals surface area contributed by atoms with Crippen LogP contribution in [0.1, 0.15) is 24.4 Å². The zero-order valence-electron chi connectivity index (χ0n) is 15.9. The molecule has 2 amide bonds. The number of anilines is 2. The van der Waals surface area contributed by atoms with Gasteiger partial charge in [-0.2, -0.15) is 0 Å². The van der Waals surface area contributed by atoms with E-state index in [4.69, 9.17) is 9.47 Å². The molecule has 0 atom stereocenters. The molecule has 2 heterocycles. The van der Waals surface area contributed by atoms with Crippen LogP contribution in [0.3, 0.4) is 0 Å². The molecule has 3 rings (SSSR count). The van der Waals surface area contributed by atoms with Crippen LogP contribution >= 0.6 is 0 Å². The summed E-state index contributed by atoms with van der Waals surface area (Å²) in [5, 5.41) is 5.56. The summed E-state index contributed by atoms with van der Waals surface area (Å²) in [7, 11) is 3.12. The van der Waals surface area contributed by atoms with Crippen molar-refractivity contribution in [2.45, 2.75) is 26.3 Å². The smallest absolute Gasteiger partial charge is 0.319 e. The largest absolute Gasteiger partial charge is 0.497 e. The highest BCUT2D eigenvalue weighted by Gasteiger charge is 2.15. The quantitative estimate of drug-likeness (QED) is 0.812. The minimum atomic E-state index is -0.349. The molecule has 2 N–H and O–H groups in total. The summed E-state index contributed by atoms with van der Waals surface area (Å²) >= 11 is 0. The number of carbonyl (C=O) groups is 1. The molecule has 0 spiro atoms. The Morgan fingerprint density at radius 3 is 2.37 bits per heavy atom. The molecule has 1 aromatic heterocycles. The van der Waals surface area contributed by atoms with Crippen LogP contribution in [0, 0.1) is 6.92 Å². The van der Waals surface area contributed by atoms with Crippen molar-refractivity contribution in [2.75, 3.05) is 37.5 Å². The second-order valence-corrected chi connectivity index (χ2v) is 6.39. The Kier molecular flexibility index (Phi) is 5.95. The van der Waals surface area contributed by atoms with E-state index in [1.165, 1.54) is 12.8 Å². The van der Waals surface area contributed by atoms with Gasteiger partial charge in [0.2, 0.25) is 0 Å². The fourth-order valence-electron chi connectivity index (χ4n) is 3.01. The van der Waals surface area contributed by atoms with E-state index in [-0.39, 0.29) is 12.6 Å². The number of methoxy groups -OCH3 is 2. The molecule has 0 saturated carbocycles. The van der Waals surface area contributed by atoms with Crippen molar-refractivity contribution in [3.8, 4) is 11.5 Å². The van der Waals surface area contributed by atoms with Gasteiger partial charge in [0.05, 0.1) is 20.8 Å². The maximum absolute atomic E-state index is 12.2. The highest BCUT2D eigenvalue weighted by molar-refractivity contribution is 5.89. The van der Waals surface area contributed by atoms with Gasteiger partial charge in [-0.15, -0.1) is 0 Å². The molecule has 1 aliphatic heterocycles. The van der Waals surface area contributed by atoms with Gasteiger partial charge in [-0.1, -0.05) is 0 Å². The van der Waals surface area contributed by atoms with Crippen LogP contribution in [0.15, 0.2) is 24.3 Å². The second-order valence-electron chi connectivity index (χ2n) is 6.39. The van der Waals surface area contributed by atoms with Gasteiger partial charge in [0, 0.05) is 48.7 Å². The molecular formula is C19H25N5O3. The van der Waals surface area contributed by atoms with E-state index < -0.39 is 0 Å². The second kappa shape index (κ2) is 8.57. The van der Waals surface area contributed by atoms with Gasteiger partial charge in [0.1, 0.15) is 23.1 Å². The number of aryl methyl sites for hydroxylation is 1. The Hall–Kier alpha value is -3.03. The van der Waals surface area contributed by atoms with Gasteiger partial charge in [-0.3, -0.25) is 0 Å². The molecule has 8 nitrogen and oxygen atoms in total. The van der Waals surface area contributed by atoms with Crippen molar-refractivity contribution in [1.29, 1.82) is 0 Å². The lowest BCUT2D eigenvalue weighted by Gasteiger charge is -2.17. The minimum absolute atomic E-state index is 0.245. The van der Waals surface area contributed by atoms with Crippen LogP contribution in [-0.2, 0) is 6.54 Å². The van der Waals surface area contributed by atoms with Gasteiger partial charge in [0.25, 0.3) is 0 Å². The van der Waals surface area contributed by atoms with E-state index in [1.807, 2.05) is 13.0 Å². The number of hydrogen-bond acceptors (Lipinski definition) is 6. The van der Waals surface area contributed by atoms with E-state index in [9.17, 15) is 4.79 Å². The number of aromatic nitrogens is 2. The number of nitrogens with one attached hydrogen (secondary N) is 2. The van der Waals surface area contributed by atoms with Crippen molar-refractivity contribution in [3.63, 3.8) is 0 Å². The van der Waals surface area contributed by atoms with Crippen molar-refractivity contribution < 1.29 is 14.3 Å². The van der Waals surface area contributed by atoms with E-state index in [1.54, 1.807) is 32.4 Å². The highest BCUT2D eigenvalue weighted by atomic mass is 16.5. The van der Waals surface area contributed by atoms with Gasteiger partial charge in [-0.25, -0.2) is 14.8 Å². The number of urea groups is 1. The van der Waals surface area contributed by atoms with Crippen LogP contribution in [0.25, 0.3) is 0 Å². The molecule has 0 bridgehead atoms. The molecule has 1 aliphatic rings. The van der Waals surface area contributed by atoms with Crippen molar-refractivity contribution in [1.82, 2.24) is 15.3 Å². The SMILES string of the molecule is COc1cc(NC(=O)NCc2nc(C)cc(N3CCCC3)n2)cc(OC)c1. The molecular weight excluding hydrogens is 346 g/mol. The zero-order chi connectivity index (χ0) is 19.2. The Balaban J connectivity index is 1.62. The summed E-state index contributed by atoms with van der Waals surface area (Å²) < 4.78 is 10.4. The number of nitrogens with zero attached hydrogens (tertiary/aromatic N) is 3.